The molecule has 3 amide bonds. The molecule has 2 rings (SSSR count). The van der Waals surface area contributed by atoms with E-state index in [0.717, 1.165) is 19.4 Å². The smallest absolute Gasteiger partial charge is 0.316 e. The van der Waals surface area contributed by atoms with E-state index in [-0.39, 0.29) is 24.2 Å². The molecule has 5 N–H and O–H groups in total. The van der Waals surface area contributed by atoms with Crippen molar-refractivity contribution in [3.8, 4) is 0 Å². The summed E-state index contributed by atoms with van der Waals surface area (Å²) in [6.45, 7) is 2.94. The van der Waals surface area contributed by atoms with Gasteiger partial charge in [-0.2, -0.15) is 0 Å². The number of nitrogens with two attached hydrogens (primary N) is 1. The highest BCUT2D eigenvalue weighted by molar-refractivity contribution is 5.94. The number of anilines is 2. The summed E-state index contributed by atoms with van der Waals surface area (Å²) in [5.74, 6) is 0.0496. The van der Waals surface area contributed by atoms with Crippen LogP contribution in [0.15, 0.2) is 24.3 Å². The maximum absolute atomic E-state index is 12.2. The number of benzene rings is 1. The predicted octanol–water partition coefficient (Wildman–Crippen LogP) is 1.93. The molecule has 0 bridgehead atoms. The summed E-state index contributed by atoms with van der Waals surface area (Å²) in [4.78, 5) is 23.0. The number of hydrogen-bond acceptors (Lipinski definition) is 3. The van der Waals surface area contributed by atoms with Gasteiger partial charge in [-0.3, -0.25) is 4.79 Å². The van der Waals surface area contributed by atoms with E-state index in [2.05, 4.69) is 22.9 Å². The number of hydrogen-bond donors (Lipinski definition) is 4. The van der Waals surface area contributed by atoms with Crippen molar-refractivity contribution in [1.82, 2.24) is 5.32 Å². The van der Waals surface area contributed by atoms with Gasteiger partial charge < -0.3 is 21.7 Å². The molecule has 1 fully saturated rings. The summed E-state index contributed by atoms with van der Waals surface area (Å²) >= 11 is 0. The highest BCUT2D eigenvalue weighted by Crippen LogP contribution is 2.20. The molecule has 1 aromatic rings. The summed E-state index contributed by atoms with van der Waals surface area (Å²) in [6.07, 6.45) is 1.68. The largest absolute Gasteiger partial charge is 0.351 e. The van der Waals surface area contributed by atoms with Gasteiger partial charge in [0.25, 0.3) is 0 Å². The zero-order chi connectivity index (χ0) is 14.5. The lowest BCUT2D eigenvalue weighted by molar-refractivity contribution is -0.120. The molecule has 0 spiro atoms. The van der Waals surface area contributed by atoms with Crippen LogP contribution in [0.2, 0.25) is 0 Å². The van der Waals surface area contributed by atoms with Crippen LogP contribution in [0.25, 0.3) is 0 Å². The molecular weight excluding hydrogens is 292 g/mol. The molecule has 0 aliphatic carbocycles. The Morgan fingerprint density at radius 2 is 1.95 bits per heavy atom. The Morgan fingerprint density at radius 3 is 2.57 bits per heavy atom. The first kappa shape index (κ1) is 17.3. The molecule has 1 saturated heterocycles. The van der Waals surface area contributed by atoms with Gasteiger partial charge in [0.05, 0.1) is 0 Å². The molecule has 1 heterocycles. The van der Waals surface area contributed by atoms with E-state index in [1.165, 1.54) is 0 Å². The lowest BCUT2D eigenvalue weighted by atomic mass is 9.92. The van der Waals surface area contributed by atoms with Crippen molar-refractivity contribution in [1.29, 1.82) is 0 Å². The molecule has 0 aromatic heterocycles. The predicted molar refractivity (Wildman–Crippen MR) is 85.7 cm³/mol. The fourth-order valence-corrected chi connectivity index (χ4v) is 2.43. The minimum absolute atomic E-state index is 0. The lowest BCUT2D eigenvalue weighted by Gasteiger charge is -2.27. The highest BCUT2D eigenvalue weighted by atomic mass is 35.5. The van der Waals surface area contributed by atoms with Crippen LogP contribution in [-0.2, 0) is 4.79 Å². The van der Waals surface area contributed by atoms with Crippen molar-refractivity contribution >= 4 is 35.7 Å². The van der Waals surface area contributed by atoms with Crippen molar-refractivity contribution in [2.75, 3.05) is 17.2 Å². The Balaban J connectivity index is 0.00000220. The first-order chi connectivity index (χ1) is 9.54. The molecule has 116 valence electrons. The number of urea groups is 1. The maximum Gasteiger partial charge on any atom is 0.316 e. The van der Waals surface area contributed by atoms with Crippen LogP contribution < -0.4 is 21.7 Å². The third-order valence-corrected chi connectivity index (χ3v) is 3.39. The maximum atomic E-state index is 12.2. The Kier molecular flexibility index (Phi) is 6.45. The summed E-state index contributed by atoms with van der Waals surface area (Å²) in [5.41, 5.74) is 6.29. The van der Waals surface area contributed by atoms with Crippen LogP contribution >= 0.6 is 12.4 Å². The molecule has 1 aliphatic rings. The quantitative estimate of drug-likeness (QED) is 0.686. The minimum atomic E-state index is -0.624. The molecule has 1 aliphatic heterocycles. The number of halogens is 1. The van der Waals surface area contributed by atoms with E-state index in [1.54, 1.807) is 24.3 Å². The van der Waals surface area contributed by atoms with Crippen LogP contribution in [0.4, 0.5) is 16.2 Å². The summed E-state index contributed by atoms with van der Waals surface area (Å²) in [7, 11) is 0. The second-order valence-electron chi connectivity index (χ2n) is 5.14. The van der Waals surface area contributed by atoms with E-state index in [1.807, 2.05) is 0 Å². The average molecular weight is 313 g/mol. The molecule has 1 aromatic carbocycles. The van der Waals surface area contributed by atoms with Gasteiger partial charge in [-0.15, -0.1) is 12.4 Å². The number of carbonyl (C=O) groups excluding carboxylic acids is 2. The first-order valence-electron chi connectivity index (χ1n) is 6.75. The molecule has 7 heteroatoms. The second kappa shape index (κ2) is 7.85. The van der Waals surface area contributed by atoms with E-state index >= 15 is 0 Å². The normalized spacial score (nSPS) is 21.0. The van der Waals surface area contributed by atoms with Gasteiger partial charge in [0.1, 0.15) is 0 Å². The van der Waals surface area contributed by atoms with Gasteiger partial charge in [0.2, 0.25) is 5.91 Å². The van der Waals surface area contributed by atoms with Gasteiger partial charge in [0.15, 0.2) is 0 Å². The van der Waals surface area contributed by atoms with Crippen molar-refractivity contribution in [2.45, 2.75) is 25.8 Å². The zero-order valence-corrected chi connectivity index (χ0v) is 12.7. The molecular formula is C14H21ClN4O2. The number of carbonyl (C=O) groups is 2. The monoisotopic (exact) mass is 312 g/mol. The first-order valence-corrected chi connectivity index (χ1v) is 6.75. The minimum Gasteiger partial charge on any atom is -0.351 e. The Hall–Kier alpha value is -1.79. The Morgan fingerprint density at radius 1 is 1.29 bits per heavy atom. The van der Waals surface area contributed by atoms with Crippen molar-refractivity contribution in [3.63, 3.8) is 0 Å². The van der Waals surface area contributed by atoms with Crippen LogP contribution in [0.3, 0.4) is 0 Å². The number of piperidine rings is 1. The molecule has 6 nitrogen and oxygen atoms in total. The second-order valence-corrected chi connectivity index (χ2v) is 5.14. The van der Waals surface area contributed by atoms with Crippen molar-refractivity contribution < 1.29 is 9.59 Å². The van der Waals surface area contributed by atoms with Crippen LogP contribution in [0, 0.1) is 5.92 Å². The third-order valence-electron chi connectivity index (χ3n) is 3.39. The van der Waals surface area contributed by atoms with Gasteiger partial charge in [-0.05, 0) is 44.5 Å². The zero-order valence-electron chi connectivity index (χ0n) is 11.9. The van der Waals surface area contributed by atoms with Gasteiger partial charge in [-0.1, -0.05) is 6.07 Å². The molecule has 2 atom stereocenters. The molecule has 21 heavy (non-hydrogen) atoms. The fraction of sp³-hybridized carbons (Fsp3) is 0.429. The topological polar surface area (TPSA) is 96.2 Å². The summed E-state index contributed by atoms with van der Waals surface area (Å²) in [6, 6.07) is 6.68. The number of amides is 3. The number of nitrogens with one attached hydrogen (secondary N) is 3. The van der Waals surface area contributed by atoms with Crippen molar-refractivity contribution in [3.05, 3.63) is 24.3 Å². The van der Waals surface area contributed by atoms with Gasteiger partial charge in [0, 0.05) is 23.3 Å². The molecule has 0 unspecified atom stereocenters. The van der Waals surface area contributed by atoms with E-state index in [4.69, 9.17) is 5.73 Å². The number of rotatable bonds is 3. The lowest BCUT2D eigenvalue weighted by Crippen LogP contribution is -2.40. The van der Waals surface area contributed by atoms with Crippen LogP contribution in [-0.4, -0.2) is 24.5 Å². The van der Waals surface area contributed by atoms with E-state index in [9.17, 15) is 9.59 Å². The summed E-state index contributed by atoms with van der Waals surface area (Å²) < 4.78 is 0. The van der Waals surface area contributed by atoms with Gasteiger partial charge >= 0.3 is 6.03 Å². The van der Waals surface area contributed by atoms with Crippen molar-refractivity contribution in [2.24, 2.45) is 11.7 Å². The van der Waals surface area contributed by atoms with Crippen LogP contribution in [0.5, 0.6) is 0 Å². The van der Waals surface area contributed by atoms with Crippen LogP contribution in [0.1, 0.15) is 19.8 Å². The standard InChI is InChI=1S/C14H20N4O2.ClH/c1-9-7-10(5-6-16-9)13(19)17-11-3-2-4-12(8-11)18-14(15)20;/h2-4,8-10,16H,5-7H2,1H3,(H,17,19)(H3,15,18,20);1H/t9-,10-;/m0./s1. The third kappa shape index (κ3) is 5.24. The molecule has 0 radical (unpaired) electrons. The molecule has 0 saturated carbocycles. The fourth-order valence-electron chi connectivity index (χ4n) is 2.43. The van der Waals surface area contributed by atoms with Gasteiger partial charge in [-0.25, -0.2) is 4.79 Å². The Bertz CT molecular complexity index is 510. The Labute approximate surface area is 130 Å². The van der Waals surface area contributed by atoms with E-state index in [0.29, 0.717) is 17.4 Å². The number of primary amides is 1. The van der Waals surface area contributed by atoms with E-state index < -0.39 is 6.03 Å². The SMILES string of the molecule is C[C@H]1C[C@@H](C(=O)Nc2cccc(NC(N)=O)c2)CCN1.Cl. The highest BCUT2D eigenvalue weighted by Gasteiger charge is 2.24. The summed E-state index contributed by atoms with van der Waals surface area (Å²) in [5, 5.41) is 8.69. The average Bonchev–Trinajstić information content (AvgIpc) is 2.38.